The van der Waals surface area contributed by atoms with Gasteiger partial charge in [-0.2, -0.15) is 4.98 Å². The number of nitrogens with one attached hydrogen (secondary N) is 1. The number of hydrogen-bond donors (Lipinski definition) is 1. The van der Waals surface area contributed by atoms with Crippen molar-refractivity contribution in [3.8, 4) is 11.5 Å². The Morgan fingerprint density at radius 1 is 1.30 bits per heavy atom. The summed E-state index contributed by atoms with van der Waals surface area (Å²) in [5, 5.41) is 6.97. The summed E-state index contributed by atoms with van der Waals surface area (Å²) in [6, 6.07) is 5.53. The third-order valence-corrected chi connectivity index (χ3v) is 4.29. The van der Waals surface area contributed by atoms with Gasteiger partial charge >= 0.3 is 0 Å². The summed E-state index contributed by atoms with van der Waals surface area (Å²) in [5.74, 6) is 1.29. The summed E-state index contributed by atoms with van der Waals surface area (Å²) in [6.07, 6.45) is 2.14. The highest BCUT2D eigenvalue weighted by Crippen LogP contribution is 2.25. The first-order chi connectivity index (χ1) is 12.9. The van der Waals surface area contributed by atoms with Crippen LogP contribution >= 0.6 is 11.6 Å². The normalized spacial score (nSPS) is 11.0. The van der Waals surface area contributed by atoms with E-state index in [9.17, 15) is 4.79 Å². The van der Waals surface area contributed by atoms with E-state index in [0.717, 1.165) is 11.1 Å². The molecule has 0 aliphatic heterocycles. The Balaban J connectivity index is 1.90. The fraction of sp³-hybridized carbons (Fsp3) is 0.316. The van der Waals surface area contributed by atoms with E-state index in [-0.39, 0.29) is 16.6 Å². The molecule has 1 aromatic carbocycles. The van der Waals surface area contributed by atoms with E-state index < -0.39 is 5.91 Å². The summed E-state index contributed by atoms with van der Waals surface area (Å²) in [4.78, 5) is 25.5. The highest BCUT2D eigenvalue weighted by Gasteiger charge is 2.17. The maximum atomic E-state index is 12.7. The summed E-state index contributed by atoms with van der Waals surface area (Å²) in [6.45, 7) is 7.75. The summed E-state index contributed by atoms with van der Waals surface area (Å²) in [7, 11) is 0. The lowest BCUT2D eigenvalue weighted by Crippen LogP contribution is -2.17. The molecule has 0 saturated heterocycles. The fourth-order valence-corrected chi connectivity index (χ4v) is 2.58. The minimum absolute atomic E-state index is 0.0872. The van der Waals surface area contributed by atoms with E-state index in [1.165, 1.54) is 6.20 Å². The molecule has 0 bridgehead atoms. The standard InChI is InChI=1S/C19H20ClN5O2/c1-5-15-23-19(27-25-15)12-7-6-11(4)14(8-12)22-18(26)16-13(20)9-21-17(24-16)10(2)3/h6-10H,5H2,1-4H3,(H,22,26). The zero-order chi connectivity index (χ0) is 19.6. The van der Waals surface area contributed by atoms with Crippen molar-refractivity contribution in [2.24, 2.45) is 0 Å². The highest BCUT2D eigenvalue weighted by molar-refractivity contribution is 6.33. The van der Waals surface area contributed by atoms with Crippen LogP contribution < -0.4 is 5.32 Å². The molecule has 0 aliphatic carbocycles. The van der Waals surface area contributed by atoms with Crippen LogP contribution in [0.25, 0.3) is 11.5 Å². The number of rotatable bonds is 5. The molecule has 3 rings (SSSR count). The number of amides is 1. The van der Waals surface area contributed by atoms with Crippen LogP contribution in [0.15, 0.2) is 28.9 Å². The minimum atomic E-state index is -0.399. The quantitative estimate of drug-likeness (QED) is 0.698. The lowest BCUT2D eigenvalue weighted by atomic mass is 10.1. The Bertz CT molecular complexity index is 984. The van der Waals surface area contributed by atoms with Crippen LogP contribution in [0.4, 0.5) is 5.69 Å². The molecule has 27 heavy (non-hydrogen) atoms. The minimum Gasteiger partial charge on any atom is -0.334 e. The van der Waals surface area contributed by atoms with Crippen LogP contribution in [-0.2, 0) is 6.42 Å². The number of halogens is 1. The van der Waals surface area contributed by atoms with E-state index in [2.05, 4.69) is 25.4 Å². The molecule has 0 saturated carbocycles. The smallest absolute Gasteiger partial charge is 0.275 e. The number of benzene rings is 1. The highest BCUT2D eigenvalue weighted by atomic mass is 35.5. The van der Waals surface area contributed by atoms with Gasteiger partial charge in [0, 0.05) is 23.6 Å². The largest absolute Gasteiger partial charge is 0.334 e. The predicted octanol–water partition coefficient (Wildman–Crippen LogP) is 4.43. The van der Waals surface area contributed by atoms with E-state index in [0.29, 0.717) is 29.6 Å². The van der Waals surface area contributed by atoms with E-state index >= 15 is 0 Å². The first kappa shape index (κ1) is 19.0. The van der Waals surface area contributed by atoms with Crippen molar-refractivity contribution in [2.75, 3.05) is 5.32 Å². The predicted molar refractivity (Wildman–Crippen MR) is 103 cm³/mol. The molecule has 0 radical (unpaired) electrons. The van der Waals surface area contributed by atoms with Crippen LogP contribution in [0.3, 0.4) is 0 Å². The van der Waals surface area contributed by atoms with Crippen LogP contribution in [0.1, 0.15) is 54.4 Å². The molecule has 3 aromatic rings. The van der Waals surface area contributed by atoms with Gasteiger partial charge in [-0.15, -0.1) is 0 Å². The molecule has 0 aliphatic rings. The second-order valence-electron chi connectivity index (χ2n) is 6.43. The molecule has 2 aromatic heterocycles. The number of carbonyl (C=O) groups excluding carboxylic acids is 1. The Morgan fingerprint density at radius 2 is 2.07 bits per heavy atom. The maximum Gasteiger partial charge on any atom is 0.275 e. The zero-order valence-electron chi connectivity index (χ0n) is 15.6. The number of carbonyl (C=O) groups is 1. The van der Waals surface area contributed by atoms with Gasteiger partial charge < -0.3 is 9.84 Å². The third-order valence-electron chi connectivity index (χ3n) is 4.01. The van der Waals surface area contributed by atoms with E-state index in [4.69, 9.17) is 16.1 Å². The van der Waals surface area contributed by atoms with Crippen LogP contribution in [-0.4, -0.2) is 26.0 Å². The third kappa shape index (κ3) is 4.14. The molecule has 1 N–H and O–H groups in total. The van der Waals surface area contributed by atoms with Gasteiger partial charge in [0.15, 0.2) is 11.5 Å². The first-order valence-electron chi connectivity index (χ1n) is 8.66. The molecular weight excluding hydrogens is 366 g/mol. The number of hydrogen-bond acceptors (Lipinski definition) is 6. The summed E-state index contributed by atoms with van der Waals surface area (Å²) in [5.41, 5.74) is 2.37. The number of aromatic nitrogens is 4. The van der Waals surface area contributed by atoms with Crippen LogP contribution in [0.5, 0.6) is 0 Å². The number of nitrogens with zero attached hydrogens (tertiary/aromatic N) is 4. The van der Waals surface area contributed by atoms with E-state index in [1.807, 2.05) is 39.8 Å². The average molecular weight is 386 g/mol. The lowest BCUT2D eigenvalue weighted by molar-refractivity contribution is 0.102. The van der Waals surface area contributed by atoms with Gasteiger partial charge in [-0.3, -0.25) is 4.79 Å². The monoisotopic (exact) mass is 385 g/mol. The average Bonchev–Trinajstić information content (AvgIpc) is 3.12. The molecule has 1 amide bonds. The maximum absolute atomic E-state index is 12.7. The lowest BCUT2D eigenvalue weighted by Gasteiger charge is -2.11. The van der Waals surface area contributed by atoms with Gasteiger partial charge in [0.2, 0.25) is 0 Å². The van der Waals surface area contributed by atoms with E-state index in [1.54, 1.807) is 6.07 Å². The Hall–Kier alpha value is -2.80. The van der Waals surface area contributed by atoms with Crippen molar-refractivity contribution in [2.45, 2.75) is 40.0 Å². The summed E-state index contributed by atoms with van der Waals surface area (Å²) >= 11 is 6.13. The van der Waals surface area contributed by atoms with Gasteiger partial charge in [0.25, 0.3) is 11.8 Å². The van der Waals surface area contributed by atoms with Crippen molar-refractivity contribution >= 4 is 23.2 Å². The molecule has 0 atom stereocenters. The van der Waals surface area contributed by atoms with Crippen molar-refractivity contribution < 1.29 is 9.32 Å². The Labute approximate surface area is 162 Å². The molecule has 0 unspecified atom stereocenters. The Morgan fingerprint density at radius 3 is 2.74 bits per heavy atom. The van der Waals surface area contributed by atoms with Gasteiger partial charge in [-0.05, 0) is 24.6 Å². The summed E-state index contributed by atoms with van der Waals surface area (Å²) < 4.78 is 5.27. The number of aryl methyl sites for hydroxylation is 2. The Kier molecular flexibility index (Phi) is 5.51. The second kappa shape index (κ2) is 7.84. The number of anilines is 1. The molecule has 0 fully saturated rings. The van der Waals surface area contributed by atoms with Gasteiger partial charge in [-0.25, -0.2) is 9.97 Å². The van der Waals surface area contributed by atoms with Gasteiger partial charge in [0.05, 0.1) is 11.2 Å². The zero-order valence-corrected chi connectivity index (χ0v) is 16.3. The SMILES string of the molecule is CCc1noc(-c2ccc(C)c(NC(=O)c3nc(C(C)C)ncc3Cl)c2)n1. The van der Waals surface area contributed by atoms with Gasteiger partial charge in [-0.1, -0.05) is 43.6 Å². The van der Waals surface area contributed by atoms with Crippen LogP contribution in [0.2, 0.25) is 5.02 Å². The molecule has 140 valence electrons. The van der Waals surface area contributed by atoms with Crippen molar-refractivity contribution in [1.82, 2.24) is 20.1 Å². The van der Waals surface area contributed by atoms with Crippen LogP contribution in [0, 0.1) is 6.92 Å². The molecule has 8 heteroatoms. The second-order valence-corrected chi connectivity index (χ2v) is 6.84. The topological polar surface area (TPSA) is 93.8 Å². The molecular formula is C19H20ClN5O2. The fourth-order valence-electron chi connectivity index (χ4n) is 2.40. The van der Waals surface area contributed by atoms with Crippen molar-refractivity contribution in [3.05, 3.63) is 52.3 Å². The first-order valence-corrected chi connectivity index (χ1v) is 9.04. The van der Waals surface area contributed by atoms with Crippen molar-refractivity contribution in [3.63, 3.8) is 0 Å². The van der Waals surface area contributed by atoms with Crippen molar-refractivity contribution in [1.29, 1.82) is 0 Å². The molecule has 0 spiro atoms. The molecule has 7 nitrogen and oxygen atoms in total. The van der Waals surface area contributed by atoms with Gasteiger partial charge in [0.1, 0.15) is 5.82 Å². The molecule has 2 heterocycles.